The molecule has 1 atom stereocenters. The first-order valence-corrected chi connectivity index (χ1v) is 6.55. The number of carbonyl (C=O) groups is 1. The van der Waals surface area contributed by atoms with E-state index in [1.54, 1.807) is 19.2 Å². The molecule has 1 heterocycles. The molecular formula is C16H19NO3. The molecule has 0 radical (unpaired) electrons. The van der Waals surface area contributed by atoms with Gasteiger partial charge in [0.2, 0.25) is 0 Å². The van der Waals surface area contributed by atoms with Gasteiger partial charge in [-0.05, 0) is 43.7 Å². The average Bonchev–Trinajstić information content (AvgIpc) is 2.86. The number of nitrogens with one attached hydrogen (secondary N) is 1. The van der Waals surface area contributed by atoms with Gasteiger partial charge in [-0.1, -0.05) is 12.1 Å². The molecule has 2 rings (SSSR count). The van der Waals surface area contributed by atoms with Crippen LogP contribution in [0.4, 0.5) is 0 Å². The van der Waals surface area contributed by atoms with E-state index in [-0.39, 0.29) is 11.9 Å². The van der Waals surface area contributed by atoms with Gasteiger partial charge in [0.25, 0.3) is 5.91 Å². The zero-order valence-corrected chi connectivity index (χ0v) is 12.0. The van der Waals surface area contributed by atoms with Crippen molar-refractivity contribution < 1.29 is 13.9 Å². The molecule has 20 heavy (non-hydrogen) atoms. The maximum Gasteiger partial charge on any atom is 0.251 e. The number of furan rings is 1. The molecule has 0 aliphatic carbocycles. The quantitative estimate of drug-likeness (QED) is 0.910. The molecule has 106 valence electrons. The number of ether oxygens (including phenoxy) is 1. The predicted octanol–water partition coefficient (Wildman–Crippen LogP) is 3.23. The second-order valence-electron chi connectivity index (χ2n) is 4.77. The van der Waals surface area contributed by atoms with Crippen LogP contribution in [0.5, 0.6) is 0 Å². The molecule has 1 N–H and O–H groups in total. The minimum absolute atomic E-state index is 0.115. The summed E-state index contributed by atoms with van der Waals surface area (Å²) in [5, 5.41) is 2.91. The van der Waals surface area contributed by atoms with E-state index < -0.39 is 0 Å². The maximum absolute atomic E-state index is 12.1. The molecule has 4 nitrogen and oxygen atoms in total. The zero-order chi connectivity index (χ0) is 14.5. The Morgan fingerprint density at radius 3 is 2.50 bits per heavy atom. The standard InChI is InChI=1S/C16H19NO3/c1-11-4-9-15(20-11)12(2)17-16(18)14-7-5-13(6-8-14)10-19-3/h4-9,12H,10H2,1-3H3,(H,17,18). The number of hydrogen-bond donors (Lipinski definition) is 1. The molecule has 1 unspecified atom stereocenters. The van der Waals surface area contributed by atoms with Crippen LogP contribution in [-0.4, -0.2) is 13.0 Å². The Morgan fingerprint density at radius 2 is 1.95 bits per heavy atom. The van der Waals surface area contributed by atoms with Gasteiger partial charge >= 0.3 is 0 Å². The van der Waals surface area contributed by atoms with Gasteiger partial charge in [0.05, 0.1) is 12.6 Å². The summed E-state index contributed by atoms with van der Waals surface area (Å²) in [5.41, 5.74) is 1.67. The number of carbonyl (C=O) groups excluding carboxylic acids is 1. The van der Waals surface area contributed by atoms with Gasteiger partial charge in [-0.2, -0.15) is 0 Å². The summed E-state index contributed by atoms with van der Waals surface area (Å²) in [6.45, 7) is 4.33. The fourth-order valence-corrected chi connectivity index (χ4v) is 1.96. The molecular weight excluding hydrogens is 254 g/mol. The largest absolute Gasteiger partial charge is 0.464 e. The number of benzene rings is 1. The van der Waals surface area contributed by atoms with Gasteiger partial charge in [0.15, 0.2) is 0 Å². The lowest BCUT2D eigenvalue weighted by Gasteiger charge is -2.11. The van der Waals surface area contributed by atoms with Crippen LogP contribution in [-0.2, 0) is 11.3 Å². The zero-order valence-electron chi connectivity index (χ0n) is 12.0. The Balaban J connectivity index is 2.00. The van der Waals surface area contributed by atoms with Crippen LogP contribution < -0.4 is 5.32 Å². The smallest absolute Gasteiger partial charge is 0.251 e. The van der Waals surface area contributed by atoms with Gasteiger partial charge in [-0.25, -0.2) is 0 Å². The minimum Gasteiger partial charge on any atom is -0.464 e. The molecule has 0 aliphatic heterocycles. The van der Waals surface area contributed by atoms with E-state index in [9.17, 15) is 4.79 Å². The topological polar surface area (TPSA) is 51.5 Å². The second-order valence-corrected chi connectivity index (χ2v) is 4.77. The third-order valence-electron chi connectivity index (χ3n) is 3.06. The number of rotatable bonds is 5. The lowest BCUT2D eigenvalue weighted by Crippen LogP contribution is -2.26. The Hall–Kier alpha value is -2.07. The second kappa shape index (κ2) is 6.39. The molecule has 1 amide bonds. The number of aryl methyl sites for hydroxylation is 1. The van der Waals surface area contributed by atoms with Crippen LogP contribution in [0.1, 0.15) is 40.4 Å². The fourth-order valence-electron chi connectivity index (χ4n) is 1.96. The van der Waals surface area contributed by atoms with Crippen molar-refractivity contribution in [1.82, 2.24) is 5.32 Å². The van der Waals surface area contributed by atoms with E-state index in [0.717, 1.165) is 17.1 Å². The van der Waals surface area contributed by atoms with Gasteiger partial charge in [-0.3, -0.25) is 4.79 Å². The van der Waals surface area contributed by atoms with Gasteiger partial charge in [0.1, 0.15) is 11.5 Å². The van der Waals surface area contributed by atoms with E-state index in [1.807, 2.05) is 38.1 Å². The van der Waals surface area contributed by atoms with Crippen molar-refractivity contribution in [1.29, 1.82) is 0 Å². The summed E-state index contributed by atoms with van der Waals surface area (Å²) >= 11 is 0. The van der Waals surface area contributed by atoms with Crippen molar-refractivity contribution >= 4 is 5.91 Å². The van der Waals surface area contributed by atoms with Gasteiger partial charge in [0, 0.05) is 12.7 Å². The highest BCUT2D eigenvalue weighted by Gasteiger charge is 2.13. The summed E-state index contributed by atoms with van der Waals surface area (Å²) < 4.78 is 10.5. The molecule has 0 spiro atoms. The van der Waals surface area contributed by atoms with Crippen LogP contribution in [0.15, 0.2) is 40.8 Å². The van der Waals surface area contributed by atoms with Gasteiger partial charge in [-0.15, -0.1) is 0 Å². The van der Waals surface area contributed by atoms with E-state index in [2.05, 4.69) is 5.32 Å². The van der Waals surface area contributed by atoms with Crippen LogP contribution in [0.25, 0.3) is 0 Å². The molecule has 1 aromatic carbocycles. The fraction of sp³-hybridized carbons (Fsp3) is 0.312. The molecule has 0 fully saturated rings. The first kappa shape index (κ1) is 14.3. The van der Waals surface area contributed by atoms with Crippen LogP contribution >= 0.6 is 0 Å². The molecule has 0 bridgehead atoms. The third-order valence-corrected chi connectivity index (χ3v) is 3.06. The first-order valence-electron chi connectivity index (χ1n) is 6.55. The number of amides is 1. The minimum atomic E-state index is -0.158. The van der Waals surface area contributed by atoms with Crippen molar-refractivity contribution in [2.45, 2.75) is 26.5 Å². The summed E-state index contributed by atoms with van der Waals surface area (Å²) in [7, 11) is 1.65. The lowest BCUT2D eigenvalue weighted by atomic mass is 10.1. The van der Waals surface area contributed by atoms with E-state index >= 15 is 0 Å². The van der Waals surface area contributed by atoms with Crippen LogP contribution in [0, 0.1) is 6.92 Å². The van der Waals surface area contributed by atoms with Crippen molar-refractivity contribution in [3.63, 3.8) is 0 Å². The molecule has 0 aliphatic rings. The summed E-state index contributed by atoms with van der Waals surface area (Å²) in [6, 6.07) is 11.0. The SMILES string of the molecule is COCc1ccc(C(=O)NC(C)c2ccc(C)o2)cc1. The Kier molecular flexibility index (Phi) is 4.58. The van der Waals surface area contributed by atoms with Crippen molar-refractivity contribution in [3.8, 4) is 0 Å². The average molecular weight is 273 g/mol. The van der Waals surface area contributed by atoms with E-state index in [1.165, 1.54) is 0 Å². The molecule has 2 aromatic rings. The molecule has 1 aromatic heterocycles. The van der Waals surface area contributed by atoms with E-state index in [0.29, 0.717) is 12.2 Å². The highest BCUT2D eigenvalue weighted by atomic mass is 16.5. The highest BCUT2D eigenvalue weighted by molar-refractivity contribution is 5.94. The summed E-state index contributed by atoms with van der Waals surface area (Å²) in [6.07, 6.45) is 0. The van der Waals surface area contributed by atoms with Crippen molar-refractivity contribution in [3.05, 3.63) is 59.0 Å². The van der Waals surface area contributed by atoms with E-state index in [4.69, 9.17) is 9.15 Å². The normalized spacial score (nSPS) is 12.2. The monoisotopic (exact) mass is 273 g/mol. The lowest BCUT2D eigenvalue weighted by molar-refractivity contribution is 0.0935. The van der Waals surface area contributed by atoms with Crippen molar-refractivity contribution in [2.24, 2.45) is 0 Å². The molecule has 4 heteroatoms. The van der Waals surface area contributed by atoms with Crippen LogP contribution in [0.2, 0.25) is 0 Å². The first-order chi connectivity index (χ1) is 9.60. The summed E-state index contributed by atoms with van der Waals surface area (Å²) in [4.78, 5) is 12.1. The summed E-state index contributed by atoms with van der Waals surface area (Å²) in [5.74, 6) is 1.48. The van der Waals surface area contributed by atoms with Crippen LogP contribution in [0.3, 0.4) is 0 Å². The number of hydrogen-bond acceptors (Lipinski definition) is 3. The third kappa shape index (κ3) is 3.48. The maximum atomic E-state index is 12.1. The molecule has 0 saturated carbocycles. The van der Waals surface area contributed by atoms with Crippen molar-refractivity contribution in [2.75, 3.05) is 7.11 Å². The Morgan fingerprint density at radius 1 is 1.25 bits per heavy atom. The Bertz CT molecular complexity index is 572. The Labute approximate surface area is 118 Å². The number of methoxy groups -OCH3 is 1. The predicted molar refractivity (Wildman–Crippen MR) is 76.5 cm³/mol. The molecule has 0 saturated heterocycles. The highest BCUT2D eigenvalue weighted by Crippen LogP contribution is 2.16. The van der Waals surface area contributed by atoms with Gasteiger partial charge < -0.3 is 14.5 Å².